The Hall–Kier alpha value is -2.01. The number of ether oxygens (including phenoxy) is 1. The number of carboxylic acids is 1. The van der Waals surface area contributed by atoms with E-state index in [1.165, 1.54) is 0 Å². The molecule has 2 aromatic rings. The zero-order chi connectivity index (χ0) is 13.3. The Morgan fingerprint density at radius 1 is 1.56 bits per heavy atom. The molecule has 0 bridgehead atoms. The van der Waals surface area contributed by atoms with Crippen LogP contribution < -0.4 is 10.5 Å². The Labute approximate surface area is 105 Å². The molecule has 1 heterocycles. The van der Waals surface area contributed by atoms with Crippen LogP contribution in [0.3, 0.4) is 0 Å². The Kier molecular flexibility index (Phi) is 3.25. The molecule has 1 aromatic heterocycles. The van der Waals surface area contributed by atoms with Gasteiger partial charge >= 0.3 is 5.97 Å². The van der Waals surface area contributed by atoms with E-state index in [2.05, 4.69) is 4.98 Å². The summed E-state index contributed by atoms with van der Waals surface area (Å²) in [5, 5.41) is 10.1. The van der Waals surface area contributed by atoms with E-state index in [0.29, 0.717) is 12.3 Å². The lowest BCUT2D eigenvalue weighted by molar-refractivity contribution is 0.0690. The maximum atomic E-state index is 11.3. The summed E-state index contributed by atoms with van der Waals surface area (Å²) in [5.74, 6) is -0.304. The SMILES string of the molecule is COc1ccc2[nH]c(C(=O)O)c(C(C)CN)c2c1. The molecule has 0 saturated heterocycles. The lowest BCUT2D eigenvalue weighted by Crippen LogP contribution is -2.12. The first-order valence-electron chi connectivity index (χ1n) is 5.71. The number of carbonyl (C=O) groups is 1. The fourth-order valence-corrected chi connectivity index (χ4v) is 2.12. The molecule has 0 aliphatic carbocycles. The number of aromatic amines is 1. The summed E-state index contributed by atoms with van der Waals surface area (Å²) in [6, 6.07) is 5.44. The van der Waals surface area contributed by atoms with E-state index in [0.717, 1.165) is 16.5 Å². The third-order valence-electron chi connectivity index (χ3n) is 3.11. The minimum atomic E-state index is -0.972. The first kappa shape index (κ1) is 12.4. The standard InChI is InChI=1S/C13H16N2O3/c1-7(6-14)11-9-5-8(18-2)3-4-10(9)15-12(11)13(16)17/h3-5,7,15H,6,14H2,1-2H3,(H,16,17). The van der Waals surface area contributed by atoms with Crippen LogP contribution in [0.1, 0.15) is 28.9 Å². The topological polar surface area (TPSA) is 88.3 Å². The van der Waals surface area contributed by atoms with E-state index < -0.39 is 5.97 Å². The van der Waals surface area contributed by atoms with E-state index in [1.807, 2.05) is 19.1 Å². The Morgan fingerprint density at radius 3 is 2.83 bits per heavy atom. The third kappa shape index (κ3) is 1.93. The summed E-state index contributed by atoms with van der Waals surface area (Å²) in [6.07, 6.45) is 0. The van der Waals surface area contributed by atoms with E-state index in [9.17, 15) is 9.90 Å². The van der Waals surface area contributed by atoms with E-state index in [4.69, 9.17) is 10.5 Å². The largest absolute Gasteiger partial charge is 0.497 e. The van der Waals surface area contributed by atoms with Gasteiger partial charge in [0.15, 0.2) is 0 Å². The van der Waals surface area contributed by atoms with Crippen LogP contribution >= 0.6 is 0 Å². The van der Waals surface area contributed by atoms with Crippen molar-refractivity contribution in [1.82, 2.24) is 4.98 Å². The van der Waals surface area contributed by atoms with Gasteiger partial charge in [0.1, 0.15) is 11.4 Å². The number of fused-ring (bicyclic) bond motifs is 1. The predicted octanol–water partition coefficient (Wildman–Crippen LogP) is 1.94. The maximum Gasteiger partial charge on any atom is 0.352 e. The highest BCUT2D eigenvalue weighted by Gasteiger charge is 2.21. The van der Waals surface area contributed by atoms with Crippen molar-refractivity contribution in [2.75, 3.05) is 13.7 Å². The van der Waals surface area contributed by atoms with Crippen molar-refractivity contribution in [2.45, 2.75) is 12.8 Å². The average Bonchev–Trinajstić information content (AvgIpc) is 2.76. The molecule has 1 aromatic carbocycles. The zero-order valence-corrected chi connectivity index (χ0v) is 10.4. The van der Waals surface area contributed by atoms with Crippen molar-refractivity contribution in [3.05, 3.63) is 29.5 Å². The molecule has 0 fully saturated rings. The molecule has 18 heavy (non-hydrogen) atoms. The fourth-order valence-electron chi connectivity index (χ4n) is 2.12. The number of nitrogens with two attached hydrogens (primary N) is 1. The van der Waals surface area contributed by atoms with Crippen LogP contribution in [0, 0.1) is 0 Å². The number of rotatable bonds is 4. The first-order chi connectivity index (χ1) is 8.58. The second-order valence-electron chi connectivity index (χ2n) is 4.27. The van der Waals surface area contributed by atoms with Gasteiger partial charge in [-0.2, -0.15) is 0 Å². The molecule has 0 saturated carbocycles. The molecule has 0 amide bonds. The lowest BCUT2D eigenvalue weighted by Gasteiger charge is -2.09. The summed E-state index contributed by atoms with van der Waals surface area (Å²) in [5.41, 5.74) is 7.38. The number of H-pyrrole nitrogens is 1. The monoisotopic (exact) mass is 248 g/mol. The lowest BCUT2D eigenvalue weighted by atomic mass is 9.97. The van der Waals surface area contributed by atoms with Gasteiger partial charge in [0.2, 0.25) is 0 Å². The predicted molar refractivity (Wildman–Crippen MR) is 69.3 cm³/mol. The van der Waals surface area contributed by atoms with Crippen LogP contribution in [0.25, 0.3) is 10.9 Å². The van der Waals surface area contributed by atoms with Gasteiger partial charge in [-0.15, -0.1) is 0 Å². The Balaban J connectivity index is 2.74. The fraction of sp³-hybridized carbons (Fsp3) is 0.308. The number of hydrogen-bond donors (Lipinski definition) is 3. The number of nitrogens with one attached hydrogen (secondary N) is 1. The number of methoxy groups -OCH3 is 1. The Bertz CT molecular complexity index is 589. The molecule has 5 heteroatoms. The van der Waals surface area contributed by atoms with Crippen LogP contribution in [0.15, 0.2) is 18.2 Å². The van der Waals surface area contributed by atoms with Crippen LogP contribution in [0.2, 0.25) is 0 Å². The molecule has 0 spiro atoms. The Morgan fingerprint density at radius 2 is 2.28 bits per heavy atom. The molecular formula is C13H16N2O3. The van der Waals surface area contributed by atoms with Gasteiger partial charge < -0.3 is 20.6 Å². The minimum Gasteiger partial charge on any atom is -0.497 e. The normalized spacial score (nSPS) is 12.6. The summed E-state index contributed by atoms with van der Waals surface area (Å²) in [7, 11) is 1.58. The van der Waals surface area contributed by atoms with Gasteiger partial charge in [-0.3, -0.25) is 0 Å². The van der Waals surface area contributed by atoms with E-state index in [-0.39, 0.29) is 11.6 Å². The zero-order valence-electron chi connectivity index (χ0n) is 10.4. The summed E-state index contributed by atoms with van der Waals surface area (Å²) in [4.78, 5) is 14.2. The smallest absolute Gasteiger partial charge is 0.352 e. The molecule has 0 radical (unpaired) electrons. The maximum absolute atomic E-state index is 11.3. The number of hydrogen-bond acceptors (Lipinski definition) is 3. The second kappa shape index (κ2) is 4.70. The van der Waals surface area contributed by atoms with Crippen molar-refractivity contribution in [2.24, 2.45) is 5.73 Å². The molecular weight excluding hydrogens is 232 g/mol. The van der Waals surface area contributed by atoms with Crippen LogP contribution in [-0.4, -0.2) is 29.7 Å². The van der Waals surface area contributed by atoms with Crippen molar-refractivity contribution < 1.29 is 14.6 Å². The van der Waals surface area contributed by atoms with Crippen molar-refractivity contribution >= 4 is 16.9 Å². The molecule has 2 rings (SSSR count). The molecule has 4 N–H and O–H groups in total. The van der Waals surface area contributed by atoms with Crippen LogP contribution in [0.5, 0.6) is 5.75 Å². The molecule has 0 aliphatic rings. The third-order valence-corrected chi connectivity index (χ3v) is 3.11. The van der Waals surface area contributed by atoms with Gasteiger partial charge in [0.05, 0.1) is 7.11 Å². The van der Waals surface area contributed by atoms with Crippen molar-refractivity contribution in [3.8, 4) is 5.75 Å². The first-order valence-corrected chi connectivity index (χ1v) is 5.71. The second-order valence-corrected chi connectivity index (χ2v) is 4.27. The molecule has 96 valence electrons. The van der Waals surface area contributed by atoms with Gasteiger partial charge in [0.25, 0.3) is 0 Å². The minimum absolute atomic E-state index is 0.0306. The molecule has 0 aliphatic heterocycles. The van der Waals surface area contributed by atoms with Crippen molar-refractivity contribution in [3.63, 3.8) is 0 Å². The van der Waals surface area contributed by atoms with E-state index in [1.54, 1.807) is 13.2 Å². The summed E-state index contributed by atoms with van der Waals surface area (Å²) >= 11 is 0. The highest BCUT2D eigenvalue weighted by molar-refractivity contribution is 5.98. The number of aromatic nitrogens is 1. The highest BCUT2D eigenvalue weighted by atomic mass is 16.5. The molecule has 1 unspecified atom stereocenters. The average molecular weight is 248 g/mol. The number of aromatic carboxylic acids is 1. The van der Waals surface area contributed by atoms with Gasteiger partial charge in [-0.25, -0.2) is 4.79 Å². The van der Waals surface area contributed by atoms with Crippen LogP contribution in [-0.2, 0) is 0 Å². The summed E-state index contributed by atoms with van der Waals surface area (Å²) in [6.45, 7) is 2.30. The molecule has 1 atom stereocenters. The number of benzene rings is 1. The van der Waals surface area contributed by atoms with Gasteiger partial charge in [-0.05, 0) is 36.2 Å². The molecule has 5 nitrogen and oxygen atoms in total. The van der Waals surface area contributed by atoms with E-state index >= 15 is 0 Å². The quantitative estimate of drug-likeness (QED) is 0.771. The number of carboxylic acid groups (broad SMARTS) is 1. The summed E-state index contributed by atoms with van der Waals surface area (Å²) < 4.78 is 5.17. The van der Waals surface area contributed by atoms with Gasteiger partial charge in [0, 0.05) is 10.9 Å². The van der Waals surface area contributed by atoms with Crippen LogP contribution in [0.4, 0.5) is 0 Å². The highest BCUT2D eigenvalue weighted by Crippen LogP contribution is 2.31. The van der Waals surface area contributed by atoms with Crippen molar-refractivity contribution in [1.29, 1.82) is 0 Å². The van der Waals surface area contributed by atoms with Gasteiger partial charge in [-0.1, -0.05) is 6.92 Å².